The molecule has 1 radical (unpaired) electrons. The Morgan fingerprint density at radius 3 is 1.61 bits per heavy atom. The van der Waals surface area contributed by atoms with Crippen molar-refractivity contribution in [1.82, 2.24) is 18.5 Å². The first-order chi connectivity index (χ1) is 12.3. The molecule has 3 heterocycles. The number of nitrogens with zero attached hydrogens (tertiary/aromatic N) is 4. The van der Waals surface area contributed by atoms with Gasteiger partial charge in [-0.2, -0.15) is 0 Å². The van der Waals surface area contributed by atoms with Crippen molar-refractivity contribution in [3.63, 3.8) is 0 Å². The summed E-state index contributed by atoms with van der Waals surface area (Å²) in [4.78, 5) is 11.5. The summed E-state index contributed by atoms with van der Waals surface area (Å²) in [6.45, 7) is 11.1. The van der Waals surface area contributed by atoms with Crippen LogP contribution in [0.3, 0.4) is 0 Å². The van der Waals surface area contributed by atoms with Gasteiger partial charge in [-0.05, 0) is 26.7 Å². The number of carbonyl (C=O) groups is 1. The predicted molar refractivity (Wildman–Crippen MR) is 109 cm³/mol. The molecule has 0 aromatic heterocycles. The summed E-state index contributed by atoms with van der Waals surface area (Å²) in [7, 11) is 4.06. The maximum Gasteiger partial charge on any atom is 0.164 e. The van der Waals surface area contributed by atoms with Gasteiger partial charge >= 0.3 is 0 Å². The Bertz CT molecular complexity index is 861. The van der Waals surface area contributed by atoms with Crippen LogP contribution in [0.5, 0.6) is 0 Å². The number of fused-ring (bicyclic) bond motifs is 3. The van der Waals surface area contributed by atoms with Gasteiger partial charge < -0.3 is 23.6 Å². The molecule has 159 valence electrons. The van der Waals surface area contributed by atoms with Crippen molar-refractivity contribution in [2.45, 2.75) is 41.5 Å². The van der Waals surface area contributed by atoms with E-state index in [2.05, 4.69) is 55.7 Å². The molecule has 0 saturated carbocycles. The first-order valence-electron chi connectivity index (χ1n) is 9.08. The van der Waals surface area contributed by atoms with E-state index in [9.17, 15) is 9.90 Å². The Hall–Kier alpha value is -1.98. The van der Waals surface area contributed by atoms with Gasteiger partial charge in [0.1, 0.15) is 5.76 Å². The number of hydrogen-bond acceptors (Lipinski definition) is 2. The number of hydrogen-bond donors (Lipinski definition) is 1. The molecular weight excluding hydrogens is 532 g/mol. The van der Waals surface area contributed by atoms with E-state index < -0.39 is 5.41 Å². The molecule has 0 atom stereocenters. The molecule has 0 aromatic rings. The molecule has 0 saturated heterocycles. The van der Waals surface area contributed by atoms with E-state index in [0.717, 1.165) is 0 Å². The van der Waals surface area contributed by atoms with Crippen molar-refractivity contribution in [2.24, 2.45) is 24.9 Å². The second-order valence-electron chi connectivity index (χ2n) is 9.09. The van der Waals surface area contributed by atoms with E-state index in [-0.39, 0.29) is 37.1 Å². The number of carbonyl (C=O) groups excluding carboxylic acids is 1. The van der Waals surface area contributed by atoms with Crippen LogP contribution in [0.25, 0.3) is 11.4 Å². The summed E-state index contributed by atoms with van der Waals surface area (Å²) < 4.78 is 8.34. The average Bonchev–Trinajstić information content (AvgIpc) is 3.06. The van der Waals surface area contributed by atoms with Crippen LogP contribution in [0, 0.1) is 10.8 Å². The quantitative estimate of drug-likeness (QED) is 0.270. The van der Waals surface area contributed by atoms with Crippen LogP contribution >= 0.6 is 0 Å². The minimum absolute atomic E-state index is 0. The molecule has 0 unspecified atom stereocenters. The summed E-state index contributed by atoms with van der Waals surface area (Å²) in [6.07, 6.45) is 9.64. The van der Waals surface area contributed by atoms with Crippen LogP contribution in [0.15, 0.2) is 49.0 Å². The summed E-state index contributed by atoms with van der Waals surface area (Å²) in [5.41, 5.74) is 1.62. The van der Waals surface area contributed by atoms with Crippen LogP contribution in [0.4, 0.5) is 0 Å². The van der Waals surface area contributed by atoms with Crippen molar-refractivity contribution >= 4 is 5.78 Å². The van der Waals surface area contributed by atoms with Crippen molar-refractivity contribution < 1.29 is 30.0 Å². The van der Waals surface area contributed by atoms with E-state index in [4.69, 9.17) is 0 Å². The molecule has 0 spiro atoms. The van der Waals surface area contributed by atoms with Crippen molar-refractivity contribution in [3.8, 4) is 11.4 Å². The first kappa shape index (κ1) is 24.1. The zero-order valence-electron chi connectivity index (χ0n) is 18.0. The first-order valence-corrected chi connectivity index (χ1v) is 9.08. The number of rotatable bonds is 1. The molecule has 0 fully saturated rings. The average molecular weight is 565 g/mol. The van der Waals surface area contributed by atoms with Gasteiger partial charge in [-0.3, -0.25) is 4.79 Å². The molecule has 0 bridgehead atoms. The zero-order valence-corrected chi connectivity index (χ0v) is 20.4. The topological polar surface area (TPSA) is 57.0 Å². The Morgan fingerprint density at radius 2 is 1.29 bits per heavy atom. The van der Waals surface area contributed by atoms with Gasteiger partial charge in [-0.15, -0.1) is 24.5 Å². The molecule has 0 aromatic carbocycles. The van der Waals surface area contributed by atoms with Crippen LogP contribution in [0.2, 0.25) is 0 Å². The van der Waals surface area contributed by atoms with Gasteiger partial charge in [0.15, 0.2) is 5.78 Å². The minimum Gasteiger partial charge on any atom is -0.512 e. The fraction of sp³-hybridized carbons (Fsp3) is 0.476. The number of aromatic nitrogens is 4. The maximum absolute atomic E-state index is 11.5. The third-order valence-electron chi connectivity index (χ3n) is 4.22. The number of ketones is 1. The third-order valence-corrected chi connectivity index (χ3v) is 4.22. The fourth-order valence-electron chi connectivity index (χ4n) is 2.41. The van der Waals surface area contributed by atoms with Crippen LogP contribution in [0.1, 0.15) is 41.5 Å². The van der Waals surface area contributed by atoms with E-state index >= 15 is 0 Å². The molecular formula is C21H32IrN4O2-2. The van der Waals surface area contributed by atoms with Gasteiger partial charge in [0.2, 0.25) is 0 Å². The van der Waals surface area contributed by atoms with Crippen LogP contribution < -0.4 is 0 Å². The smallest absolute Gasteiger partial charge is 0.164 e. The third kappa shape index (κ3) is 5.76. The summed E-state index contributed by atoms with van der Waals surface area (Å²) >= 11 is 0. The predicted octanol–water partition coefficient (Wildman–Crippen LogP) is 4.47. The van der Waals surface area contributed by atoms with E-state index in [1.807, 2.05) is 55.6 Å². The van der Waals surface area contributed by atoms with Gasteiger partial charge in [0.05, 0.1) is 0 Å². The number of aryl methyl sites for hydroxylation is 2. The zero-order chi connectivity index (χ0) is 20.6. The largest absolute Gasteiger partial charge is 0.512 e. The van der Waals surface area contributed by atoms with E-state index in [1.165, 1.54) is 17.5 Å². The summed E-state index contributed by atoms with van der Waals surface area (Å²) in [5.74, 6) is 0.104. The number of allylic oxidation sites excluding steroid dienone is 2. The van der Waals surface area contributed by atoms with Gasteiger partial charge in [0, 0.05) is 37.0 Å². The molecule has 7 heteroatoms. The molecule has 28 heavy (non-hydrogen) atoms. The second-order valence-corrected chi connectivity index (χ2v) is 9.09. The van der Waals surface area contributed by atoms with Crippen molar-refractivity contribution in [2.75, 3.05) is 0 Å². The fourth-order valence-corrected chi connectivity index (χ4v) is 2.41. The summed E-state index contributed by atoms with van der Waals surface area (Å²) in [5, 5.41) is 9.56. The molecule has 3 aliphatic rings. The molecule has 3 aliphatic heterocycles. The normalized spacial score (nSPS) is 12.5. The summed E-state index contributed by atoms with van der Waals surface area (Å²) in [6, 6.07) is 4.24. The monoisotopic (exact) mass is 565 g/mol. The van der Waals surface area contributed by atoms with Gasteiger partial charge in [0.25, 0.3) is 0 Å². The number of imidazole rings is 2. The Balaban J connectivity index is 0.000000272. The van der Waals surface area contributed by atoms with Crippen molar-refractivity contribution in [3.05, 3.63) is 49.0 Å². The molecule has 1 N–H and O–H groups in total. The van der Waals surface area contributed by atoms with Crippen molar-refractivity contribution in [1.29, 1.82) is 0 Å². The Kier molecular flexibility index (Phi) is 7.37. The molecule has 3 rings (SSSR count). The molecule has 0 aliphatic carbocycles. The standard InChI is InChI=1S/C11H20O2.C10H12N4.Ir/c1-10(2,3)8(12)7-9(13)11(4,5)6;1-11-5-9-3-4-10-6-12(2)8-14(10)13(9)7-11;/h7,12H,1-6H3;3-8H,1-2H3;/q;-2;. The van der Waals surface area contributed by atoms with Gasteiger partial charge in [-0.1, -0.05) is 52.9 Å². The van der Waals surface area contributed by atoms with Crippen LogP contribution in [-0.2, 0) is 39.0 Å². The number of aliphatic hydroxyl groups excluding tert-OH is 1. The second kappa shape index (κ2) is 8.58. The minimum atomic E-state index is -0.417. The molecule has 0 amide bonds. The van der Waals surface area contributed by atoms with E-state index in [0.29, 0.717) is 0 Å². The van der Waals surface area contributed by atoms with E-state index in [1.54, 1.807) is 0 Å². The molecule has 6 nitrogen and oxygen atoms in total. The van der Waals surface area contributed by atoms with Crippen LogP contribution in [-0.4, -0.2) is 29.4 Å². The number of aliphatic hydroxyl groups is 1. The maximum atomic E-state index is 11.5. The Morgan fingerprint density at radius 1 is 0.893 bits per heavy atom. The van der Waals surface area contributed by atoms with Gasteiger partial charge in [-0.25, -0.2) is 0 Å². The SMILES string of the molecule is CC(C)(C)C(=O)C=C(O)C(C)(C)C.Cn1cc2ccc3cn(C)[cH-]n-3n-2[cH-]1.[Ir]. The Labute approximate surface area is 181 Å².